The van der Waals surface area contributed by atoms with Crippen molar-refractivity contribution in [2.75, 3.05) is 26.7 Å². The predicted molar refractivity (Wildman–Crippen MR) is 74.5 cm³/mol. The molecular weight excluding hydrogens is 246 g/mol. The average Bonchev–Trinajstić information content (AvgIpc) is 2.90. The third-order valence-corrected chi connectivity index (χ3v) is 4.49. The molecule has 2 heterocycles. The number of carbonyl (C=O) groups is 1. The molecule has 1 saturated heterocycles. The fourth-order valence-corrected chi connectivity index (χ4v) is 2.94. The van der Waals surface area contributed by atoms with Gasteiger partial charge in [-0.05, 0) is 50.3 Å². The zero-order valence-electron chi connectivity index (χ0n) is 10.8. The summed E-state index contributed by atoms with van der Waals surface area (Å²) < 4.78 is 0. The lowest BCUT2D eigenvalue weighted by Gasteiger charge is -2.29. The van der Waals surface area contributed by atoms with E-state index in [1.807, 2.05) is 17.5 Å². The SMILES string of the molecule is CN1CCC(CNC(=O)C(N)c2cccs2)CC1. The molecule has 1 atom stereocenters. The lowest BCUT2D eigenvalue weighted by Crippen LogP contribution is -2.40. The van der Waals surface area contributed by atoms with Crippen LogP contribution in [-0.4, -0.2) is 37.5 Å². The topological polar surface area (TPSA) is 58.4 Å². The second-order valence-corrected chi connectivity index (χ2v) is 5.96. The molecular formula is C13H21N3OS. The standard InChI is InChI=1S/C13H21N3OS/c1-16-6-4-10(5-7-16)9-15-13(17)12(14)11-3-2-8-18-11/h2-3,8,10,12H,4-7,9,14H2,1H3,(H,15,17). The molecule has 1 unspecified atom stereocenters. The Kier molecular flexibility index (Phi) is 4.74. The van der Waals surface area contributed by atoms with Crippen LogP contribution in [0.2, 0.25) is 0 Å². The Morgan fingerprint density at radius 1 is 1.61 bits per heavy atom. The Hall–Kier alpha value is -0.910. The molecule has 3 N–H and O–H groups in total. The van der Waals surface area contributed by atoms with E-state index in [9.17, 15) is 4.79 Å². The van der Waals surface area contributed by atoms with Crippen LogP contribution in [0.5, 0.6) is 0 Å². The largest absolute Gasteiger partial charge is 0.354 e. The Morgan fingerprint density at radius 2 is 2.33 bits per heavy atom. The molecule has 0 spiro atoms. The van der Waals surface area contributed by atoms with Crippen molar-refractivity contribution in [2.24, 2.45) is 11.7 Å². The molecule has 1 aromatic heterocycles. The molecule has 4 nitrogen and oxygen atoms in total. The zero-order chi connectivity index (χ0) is 13.0. The number of nitrogens with zero attached hydrogens (tertiary/aromatic N) is 1. The molecule has 18 heavy (non-hydrogen) atoms. The normalized spacial score (nSPS) is 19.7. The van der Waals surface area contributed by atoms with Gasteiger partial charge < -0.3 is 16.0 Å². The smallest absolute Gasteiger partial charge is 0.242 e. The average molecular weight is 267 g/mol. The van der Waals surface area contributed by atoms with Crippen LogP contribution >= 0.6 is 11.3 Å². The van der Waals surface area contributed by atoms with E-state index in [-0.39, 0.29) is 5.91 Å². The van der Waals surface area contributed by atoms with Crippen LogP contribution in [0, 0.1) is 5.92 Å². The van der Waals surface area contributed by atoms with E-state index >= 15 is 0 Å². The summed E-state index contributed by atoms with van der Waals surface area (Å²) in [6.07, 6.45) is 2.32. The number of piperidine rings is 1. The Balaban J connectivity index is 1.75. The van der Waals surface area contributed by atoms with E-state index in [1.165, 1.54) is 11.3 Å². The van der Waals surface area contributed by atoms with Crippen LogP contribution in [-0.2, 0) is 4.79 Å². The van der Waals surface area contributed by atoms with Gasteiger partial charge in [0, 0.05) is 11.4 Å². The number of hydrogen-bond donors (Lipinski definition) is 2. The van der Waals surface area contributed by atoms with Gasteiger partial charge in [0.25, 0.3) is 0 Å². The van der Waals surface area contributed by atoms with Crippen molar-refractivity contribution in [3.8, 4) is 0 Å². The fraction of sp³-hybridized carbons (Fsp3) is 0.615. The molecule has 1 aliphatic heterocycles. The van der Waals surface area contributed by atoms with Crippen molar-refractivity contribution in [3.05, 3.63) is 22.4 Å². The number of rotatable bonds is 4. The van der Waals surface area contributed by atoms with Gasteiger partial charge in [0.05, 0.1) is 0 Å². The first-order valence-electron chi connectivity index (χ1n) is 6.42. The summed E-state index contributed by atoms with van der Waals surface area (Å²) in [5.41, 5.74) is 5.91. The molecule has 1 aromatic rings. The van der Waals surface area contributed by atoms with Crippen LogP contribution in [0.4, 0.5) is 0 Å². The Bertz CT molecular complexity index is 372. The highest BCUT2D eigenvalue weighted by Gasteiger charge is 2.20. The van der Waals surface area contributed by atoms with E-state index in [0.29, 0.717) is 5.92 Å². The van der Waals surface area contributed by atoms with Crippen LogP contribution in [0.25, 0.3) is 0 Å². The number of carbonyl (C=O) groups excluding carboxylic acids is 1. The van der Waals surface area contributed by atoms with Crippen molar-refractivity contribution in [1.29, 1.82) is 0 Å². The number of nitrogens with one attached hydrogen (secondary N) is 1. The van der Waals surface area contributed by atoms with Crippen molar-refractivity contribution in [1.82, 2.24) is 10.2 Å². The van der Waals surface area contributed by atoms with E-state index in [2.05, 4.69) is 17.3 Å². The van der Waals surface area contributed by atoms with Crippen LogP contribution in [0.3, 0.4) is 0 Å². The summed E-state index contributed by atoms with van der Waals surface area (Å²) in [4.78, 5) is 15.2. The third-order valence-electron chi connectivity index (χ3n) is 3.54. The maximum Gasteiger partial charge on any atom is 0.242 e. The Morgan fingerprint density at radius 3 is 2.94 bits per heavy atom. The molecule has 0 radical (unpaired) electrons. The van der Waals surface area contributed by atoms with E-state index < -0.39 is 6.04 Å². The van der Waals surface area contributed by atoms with Gasteiger partial charge in [0.15, 0.2) is 0 Å². The summed E-state index contributed by atoms with van der Waals surface area (Å²) in [5, 5.41) is 4.92. The fourth-order valence-electron chi connectivity index (χ4n) is 2.22. The van der Waals surface area contributed by atoms with Gasteiger partial charge >= 0.3 is 0 Å². The van der Waals surface area contributed by atoms with E-state index in [0.717, 1.165) is 37.4 Å². The minimum absolute atomic E-state index is 0.0589. The first kappa shape index (κ1) is 13.5. The minimum atomic E-state index is -0.517. The number of likely N-dealkylation sites (tertiary alicyclic amines) is 1. The van der Waals surface area contributed by atoms with Crippen molar-refractivity contribution in [2.45, 2.75) is 18.9 Å². The van der Waals surface area contributed by atoms with Crippen molar-refractivity contribution in [3.63, 3.8) is 0 Å². The monoisotopic (exact) mass is 267 g/mol. The van der Waals surface area contributed by atoms with Gasteiger partial charge in [-0.3, -0.25) is 4.79 Å². The molecule has 1 amide bonds. The predicted octanol–water partition coefficient (Wildman–Crippen LogP) is 1.21. The minimum Gasteiger partial charge on any atom is -0.354 e. The molecule has 2 rings (SSSR count). The highest BCUT2D eigenvalue weighted by molar-refractivity contribution is 7.10. The molecule has 1 aliphatic rings. The van der Waals surface area contributed by atoms with Crippen molar-refractivity contribution < 1.29 is 4.79 Å². The van der Waals surface area contributed by atoms with E-state index in [1.54, 1.807) is 0 Å². The number of nitrogens with two attached hydrogens (primary N) is 1. The maximum atomic E-state index is 11.9. The van der Waals surface area contributed by atoms with Gasteiger partial charge in [-0.25, -0.2) is 0 Å². The number of amides is 1. The summed E-state index contributed by atoms with van der Waals surface area (Å²) in [5.74, 6) is 0.539. The lowest BCUT2D eigenvalue weighted by atomic mass is 9.97. The summed E-state index contributed by atoms with van der Waals surface area (Å²) in [7, 11) is 2.14. The van der Waals surface area contributed by atoms with E-state index in [4.69, 9.17) is 5.73 Å². The zero-order valence-corrected chi connectivity index (χ0v) is 11.6. The van der Waals surface area contributed by atoms with Gasteiger partial charge in [-0.2, -0.15) is 0 Å². The first-order valence-corrected chi connectivity index (χ1v) is 7.30. The first-order chi connectivity index (χ1) is 8.66. The second kappa shape index (κ2) is 6.31. The maximum absolute atomic E-state index is 11.9. The molecule has 0 aliphatic carbocycles. The van der Waals surface area contributed by atoms with Gasteiger partial charge in [0.2, 0.25) is 5.91 Å². The third kappa shape index (κ3) is 3.54. The second-order valence-electron chi connectivity index (χ2n) is 4.98. The molecule has 0 saturated carbocycles. The molecule has 0 bridgehead atoms. The summed E-state index contributed by atoms with van der Waals surface area (Å²) in [6, 6.07) is 3.31. The molecule has 1 fully saturated rings. The van der Waals surface area contributed by atoms with Gasteiger partial charge in [-0.15, -0.1) is 11.3 Å². The van der Waals surface area contributed by atoms with Gasteiger partial charge in [0.1, 0.15) is 6.04 Å². The number of thiophene rings is 1. The van der Waals surface area contributed by atoms with Crippen LogP contribution in [0.15, 0.2) is 17.5 Å². The highest BCUT2D eigenvalue weighted by atomic mass is 32.1. The molecule has 100 valence electrons. The molecule has 0 aromatic carbocycles. The highest BCUT2D eigenvalue weighted by Crippen LogP contribution is 2.18. The summed E-state index contributed by atoms with van der Waals surface area (Å²) in [6.45, 7) is 3.00. The quantitative estimate of drug-likeness (QED) is 0.862. The van der Waals surface area contributed by atoms with Gasteiger partial charge in [-0.1, -0.05) is 6.07 Å². The van der Waals surface area contributed by atoms with Crippen LogP contribution in [0.1, 0.15) is 23.8 Å². The van der Waals surface area contributed by atoms with Crippen molar-refractivity contribution >= 4 is 17.2 Å². The Labute approximate surface area is 112 Å². The lowest BCUT2D eigenvalue weighted by molar-refractivity contribution is -0.122. The van der Waals surface area contributed by atoms with Crippen LogP contribution < -0.4 is 11.1 Å². The summed E-state index contributed by atoms with van der Waals surface area (Å²) >= 11 is 1.53. The molecule has 5 heteroatoms. The number of hydrogen-bond acceptors (Lipinski definition) is 4.